The van der Waals surface area contributed by atoms with E-state index in [1.807, 2.05) is 0 Å². The summed E-state index contributed by atoms with van der Waals surface area (Å²) in [6.07, 6.45) is 5.06. The Bertz CT molecular complexity index is 345. The fourth-order valence-corrected chi connectivity index (χ4v) is 3.22. The molecular formula is C16H25NO. The van der Waals surface area contributed by atoms with E-state index < -0.39 is 0 Å². The van der Waals surface area contributed by atoms with Gasteiger partial charge in [0.1, 0.15) is 0 Å². The molecule has 0 saturated heterocycles. The Balaban J connectivity index is 2.18. The standard InChI is InChI=1S/C16H25NO/c1-3-17-15(10-13-18-2)16(11-7-12-16)14-8-5-4-6-9-14/h4-6,8-9,15,17H,3,7,10-13H2,1-2H3. The van der Waals surface area contributed by atoms with Gasteiger partial charge in [0.05, 0.1) is 0 Å². The third-order valence-electron chi connectivity index (χ3n) is 4.32. The van der Waals surface area contributed by atoms with Gasteiger partial charge >= 0.3 is 0 Å². The maximum Gasteiger partial charge on any atom is 0.0477 e. The highest BCUT2D eigenvalue weighted by Gasteiger charge is 2.44. The van der Waals surface area contributed by atoms with Crippen LogP contribution in [0.3, 0.4) is 0 Å². The van der Waals surface area contributed by atoms with Crippen molar-refractivity contribution in [3.63, 3.8) is 0 Å². The van der Waals surface area contributed by atoms with Crippen LogP contribution in [0.25, 0.3) is 0 Å². The Morgan fingerprint density at radius 3 is 2.50 bits per heavy atom. The summed E-state index contributed by atoms with van der Waals surface area (Å²) in [7, 11) is 1.79. The third kappa shape index (κ3) is 2.60. The van der Waals surface area contributed by atoms with E-state index in [9.17, 15) is 0 Å². The highest BCUT2D eigenvalue weighted by atomic mass is 16.5. The first-order valence-corrected chi connectivity index (χ1v) is 7.11. The predicted octanol–water partition coefficient (Wildman–Crippen LogP) is 3.12. The second-order valence-electron chi connectivity index (χ2n) is 5.27. The van der Waals surface area contributed by atoms with E-state index in [1.54, 1.807) is 7.11 Å². The summed E-state index contributed by atoms with van der Waals surface area (Å²) in [6, 6.07) is 11.5. The third-order valence-corrected chi connectivity index (χ3v) is 4.32. The van der Waals surface area contributed by atoms with Crippen molar-refractivity contribution in [2.75, 3.05) is 20.3 Å². The molecule has 0 radical (unpaired) electrons. The van der Waals surface area contributed by atoms with Crippen LogP contribution in [0.4, 0.5) is 0 Å². The summed E-state index contributed by atoms with van der Waals surface area (Å²) in [5.41, 5.74) is 1.84. The molecule has 1 fully saturated rings. The summed E-state index contributed by atoms with van der Waals surface area (Å²) < 4.78 is 5.28. The van der Waals surface area contributed by atoms with Crippen LogP contribution in [0.2, 0.25) is 0 Å². The van der Waals surface area contributed by atoms with E-state index in [2.05, 4.69) is 42.6 Å². The van der Waals surface area contributed by atoms with Crippen LogP contribution in [0.15, 0.2) is 30.3 Å². The predicted molar refractivity (Wildman–Crippen MR) is 75.9 cm³/mol. The van der Waals surface area contributed by atoms with Crippen molar-refractivity contribution in [2.24, 2.45) is 0 Å². The molecule has 1 unspecified atom stereocenters. The van der Waals surface area contributed by atoms with Crippen molar-refractivity contribution in [3.05, 3.63) is 35.9 Å². The summed E-state index contributed by atoms with van der Waals surface area (Å²) in [5.74, 6) is 0. The first kappa shape index (κ1) is 13.6. The van der Waals surface area contributed by atoms with Gasteiger partial charge < -0.3 is 10.1 Å². The maximum atomic E-state index is 5.28. The van der Waals surface area contributed by atoms with E-state index in [-0.39, 0.29) is 0 Å². The molecule has 1 atom stereocenters. The van der Waals surface area contributed by atoms with Gasteiger partial charge in [-0.2, -0.15) is 0 Å². The highest BCUT2D eigenvalue weighted by Crippen LogP contribution is 2.47. The number of benzene rings is 1. The minimum absolute atomic E-state index is 0.343. The molecule has 0 amide bonds. The lowest BCUT2D eigenvalue weighted by Gasteiger charge is -2.49. The van der Waals surface area contributed by atoms with Gasteiger partial charge in [0.15, 0.2) is 0 Å². The van der Waals surface area contributed by atoms with Gasteiger partial charge in [0.2, 0.25) is 0 Å². The second-order valence-corrected chi connectivity index (χ2v) is 5.27. The zero-order valence-corrected chi connectivity index (χ0v) is 11.6. The number of likely N-dealkylation sites (N-methyl/N-ethyl adjacent to an activating group) is 1. The molecular weight excluding hydrogens is 222 g/mol. The molecule has 0 aliphatic heterocycles. The molecule has 1 aromatic rings. The lowest BCUT2D eigenvalue weighted by molar-refractivity contribution is 0.121. The molecule has 1 aromatic carbocycles. The zero-order valence-electron chi connectivity index (χ0n) is 11.6. The largest absolute Gasteiger partial charge is 0.385 e. The maximum absolute atomic E-state index is 5.28. The van der Waals surface area contributed by atoms with Gasteiger partial charge in [-0.1, -0.05) is 43.7 Å². The van der Waals surface area contributed by atoms with Crippen LogP contribution < -0.4 is 5.32 Å². The van der Waals surface area contributed by atoms with Crippen LogP contribution in [-0.4, -0.2) is 26.3 Å². The molecule has 1 aliphatic carbocycles. The Hall–Kier alpha value is -0.860. The molecule has 0 heterocycles. The quantitative estimate of drug-likeness (QED) is 0.799. The molecule has 0 bridgehead atoms. The lowest BCUT2D eigenvalue weighted by Crippen LogP contribution is -2.53. The average molecular weight is 247 g/mol. The van der Waals surface area contributed by atoms with Gasteiger partial charge in [-0.05, 0) is 31.4 Å². The monoisotopic (exact) mass is 247 g/mol. The van der Waals surface area contributed by atoms with E-state index >= 15 is 0 Å². The Morgan fingerprint density at radius 1 is 1.28 bits per heavy atom. The highest BCUT2D eigenvalue weighted by molar-refractivity contribution is 5.30. The average Bonchev–Trinajstić information content (AvgIpc) is 2.36. The van der Waals surface area contributed by atoms with Crippen LogP contribution in [0.1, 0.15) is 38.2 Å². The van der Waals surface area contributed by atoms with Crippen molar-refractivity contribution in [1.29, 1.82) is 0 Å². The van der Waals surface area contributed by atoms with Crippen molar-refractivity contribution in [1.82, 2.24) is 5.32 Å². The molecule has 2 rings (SSSR count). The van der Waals surface area contributed by atoms with Crippen LogP contribution in [-0.2, 0) is 10.2 Å². The fourth-order valence-electron chi connectivity index (χ4n) is 3.22. The van der Waals surface area contributed by atoms with Crippen molar-refractivity contribution < 1.29 is 4.74 Å². The fraction of sp³-hybridized carbons (Fsp3) is 0.625. The second kappa shape index (κ2) is 6.35. The minimum atomic E-state index is 0.343. The van der Waals surface area contributed by atoms with E-state index in [0.717, 1.165) is 19.6 Å². The molecule has 0 spiro atoms. The van der Waals surface area contributed by atoms with Crippen LogP contribution in [0, 0.1) is 0 Å². The number of ether oxygens (including phenoxy) is 1. The minimum Gasteiger partial charge on any atom is -0.385 e. The number of nitrogens with one attached hydrogen (secondary N) is 1. The summed E-state index contributed by atoms with van der Waals surface area (Å²) in [5, 5.41) is 3.68. The lowest BCUT2D eigenvalue weighted by atomic mass is 9.59. The molecule has 1 N–H and O–H groups in total. The van der Waals surface area contributed by atoms with Gasteiger partial charge in [-0.3, -0.25) is 0 Å². The van der Waals surface area contributed by atoms with E-state index in [4.69, 9.17) is 4.74 Å². The molecule has 100 valence electrons. The smallest absolute Gasteiger partial charge is 0.0477 e. The molecule has 18 heavy (non-hydrogen) atoms. The number of methoxy groups -OCH3 is 1. The molecule has 1 saturated carbocycles. The normalized spacial score (nSPS) is 19.2. The van der Waals surface area contributed by atoms with Crippen LogP contribution >= 0.6 is 0 Å². The van der Waals surface area contributed by atoms with E-state index in [1.165, 1.54) is 24.8 Å². The molecule has 2 nitrogen and oxygen atoms in total. The Kier molecular flexibility index (Phi) is 4.79. The summed E-state index contributed by atoms with van der Waals surface area (Å²) >= 11 is 0. The molecule has 2 heteroatoms. The SMILES string of the molecule is CCNC(CCOC)C1(c2ccccc2)CCC1. The summed E-state index contributed by atoms with van der Waals surface area (Å²) in [4.78, 5) is 0. The number of hydrogen-bond acceptors (Lipinski definition) is 2. The van der Waals surface area contributed by atoms with Gasteiger partial charge in [-0.25, -0.2) is 0 Å². The number of hydrogen-bond donors (Lipinski definition) is 1. The van der Waals surface area contributed by atoms with E-state index in [0.29, 0.717) is 11.5 Å². The molecule has 1 aliphatic rings. The Morgan fingerprint density at radius 2 is 2.00 bits per heavy atom. The van der Waals surface area contributed by atoms with Crippen molar-refractivity contribution in [3.8, 4) is 0 Å². The topological polar surface area (TPSA) is 21.3 Å². The van der Waals surface area contributed by atoms with Gasteiger partial charge in [0, 0.05) is 25.2 Å². The first-order chi connectivity index (χ1) is 8.83. The zero-order chi connectivity index (χ0) is 12.8. The first-order valence-electron chi connectivity index (χ1n) is 7.11. The van der Waals surface area contributed by atoms with Crippen molar-refractivity contribution in [2.45, 2.75) is 44.1 Å². The number of rotatable bonds is 7. The van der Waals surface area contributed by atoms with Gasteiger partial charge in [-0.15, -0.1) is 0 Å². The van der Waals surface area contributed by atoms with Gasteiger partial charge in [0.25, 0.3) is 0 Å². The van der Waals surface area contributed by atoms with Crippen molar-refractivity contribution >= 4 is 0 Å². The Labute approximate surface area is 111 Å². The molecule has 0 aromatic heterocycles. The van der Waals surface area contributed by atoms with Crippen LogP contribution in [0.5, 0.6) is 0 Å². The summed E-state index contributed by atoms with van der Waals surface area (Å²) in [6.45, 7) is 4.06.